The number of benzene rings is 1. The average molecular weight is 1030 g/mol. The summed E-state index contributed by atoms with van der Waals surface area (Å²) in [6, 6.07) is -2.56. The largest absolute Gasteiger partial charge is 0.481 e. The number of hydrogen-bond acceptors (Lipinski definition) is 14. The van der Waals surface area contributed by atoms with E-state index in [-0.39, 0.29) is 56.9 Å². The standard InChI is InChI=1S/C46H68N10O13S2/c1-3-4-6-15-36(59)49-30-19-23-71-70-22-18-29(41(64)52-31(39(48)62)25-37(60)61)50-42(65)32(24-27-11-7-5-8-12-27)53-40(63)28(16-17-35(47)58)51-44(67)38(26(2)57)54-43(66)33-13-9-20-55(33)46(69)34-14-10-21-56(34)45(30)68/h5,7-8,11-12,26,28-34,38,57H,3-4,6,9-10,13-25H2,1-2H3,(H2,47,58)(H2,48,62)(H,49,59)(H,50,65)(H,51,67)(H,52,64)(H,53,63)(H,54,66)(H,60,61)/t26-,28+,29+,30+,31+,32+,33+,34+,38+/m1/s1. The number of fused-ring (bicyclic) bond motifs is 2. The van der Waals surface area contributed by atoms with Crippen LogP contribution in [0.15, 0.2) is 30.3 Å². The van der Waals surface area contributed by atoms with Crippen LogP contribution in [0.2, 0.25) is 0 Å². The lowest BCUT2D eigenvalue weighted by Crippen LogP contribution is -2.61. The maximum absolute atomic E-state index is 14.4. The van der Waals surface area contributed by atoms with Gasteiger partial charge in [-0.1, -0.05) is 71.7 Å². The van der Waals surface area contributed by atoms with E-state index in [1.165, 1.54) is 38.3 Å². The Morgan fingerprint density at radius 1 is 0.761 bits per heavy atom. The van der Waals surface area contributed by atoms with Gasteiger partial charge in [-0.3, -0.25) is 52.7 Å². The molecule has 3 heterocycles. The van der Waals surface area contributed by atoms with Gasteiger partial charge in [0.2, 0.25) is 59.1 Å². The minimum Gasteiger partial charge on any atom is -0.481 e. The van der Waals surface area contributed by atoms with E-state index in [0.29, 0.717) is 37.0 Å². The van der Waals surface area contributed by atoms with Crippen LogP contribution in [0.1, 0.15) is 103 Å². The third kappa shape index (κ3) is 18.0. The number of rotatable bonds is 16. The van der Waals surface area contributed by atoms with Gasteiger partial charge in [-0.15, -0.1) is 0 Å². The second-order valence-corrected chi connectivity index (χ2v) is 20.5. The van der Waals surface area contributed by atoms with E-state index in [1.807, 2.05) is 6.92 Å². The van der Waals surface area contributed by atoms with Crippen molar-refractivity contribution in [2.75, 3.05) is 24.6 Å². The second kappa shape index (κ2) is 28.8. The van der Waals surface area contributed by atoms with Gasteiger partial charge in [0, 0.05) is 43.9 Å². The number of primary amides is 2. The molecule has 3 aliphatic heterocycles. The molecule has 0 spiro atoms. The topological polar surface area (TPSA) is 359 Å². The first-order valence-electron chi connectivity index (χ1n) is 24.0. The Balaban J connectivity index is 1.74. The zero-order valence-electron chi connectivity index (χ0n) is 40.1. The number of amides is 10. The van der Waals surface area contributed by atoms with Gasteiger partial charge in [0.15, 0.2) is 0 Å². The van der Waals surface area contributed by atoms with Crippen molar-refractivity contribution in [1.82, 2.24) is 41.7 Å². The summed E-state index contributed by atoms with van der Waals surface area (Å²) >= 11 is 0. The van der Waals surface area contributed by atoms with E-state index in [1.54, 1.807) is 30.3 Å². The van der Waals surface area contributed by atoms with Gasteiger partial charge in [-0.05, 0) is 63.9 Å². The molecule has 0 radical (unpaired) electrons. The highest BCUT2D eigenvalue weighted by Crippen LogP contribution is 2.28. The second-order valence-electron chi connectivity index (χ2n) is 17.8. The molecule has 3 aliphatic rings. The van der Waals surface area contributed by atoms with E-state index in [2.05, 4.69) is 31.9 Å². The van der Waals surface area contributed by atoms with Crippen molar-refractivity contribution in [3.8, 4) is 0 Å². The normalized spacial score (nSPS) is 25.4. The molecule has 0 aromatic heterocycles. The predicted octanol–water partition coefficient (Wildman–Crippen LogP) is -1.52. The van der Waals surface area contributed by atoms with Crippen LogP contribution in [-0.4, -0.2) is 164 Å². The highest BCUT2D eigenvalue weighted by molar-refractivity contribution is 8.76. The van der Waals surface area contributed by atoms with Crippen molar-refractivity contribution in [3.63, 3.8) is 0 Å². The van der Waals surface area contributed by atoms with Crippen molar-refractivity contribution >= 4 is 86.6 Å². The lowest BCUT2D eigenvalue weighted by atomic mass is 10.0. The zero-order chi connectivity index (χ0) is 52.2. The molecular weight excluding hydrogens is 965 g/mol. The number of aliphatic carboxylic acids is 1. The summed E-state index contributed by atoms with van der Waals surface area (Å²) in [6.45, 7) is 3.58. The minimum atomic E-state index is -1.70. The third-order valence-electron chi connectivity index (χ3n) is 12.3. The molecule has 10 amide bonds. The van der Waals surface area contributed by atoms with E-state index in [9.17, 15) is 63.0 Å². The number of unbranched alkanes of at least 4 members (excludes halogenated alkanes) is 2. The lowest BCUT2D eigenvalue weighted by molar-refractivity contribution is -0.148. The Labute approximate surface area is 420 Å². The smallest absolute Gasteiger partial charge is 0.305 e. The van der Waals surface area contributed by atoms with Crippen LogP contribution in [0.25, 0.3) is 0 Å². The summed E-state index contributed by atoms with van der Waals surface area (Å²) in [6.07, 6.45) is 0.427. The first-order chi connectivity index (χ1) is 33.8. The fourth-order valence-electron chi connectivity index (χ4n) is 8.50. The Hall–Kier alpha value is -5.95. The predicted molar refractivity (Wildman–Crippen MR) is 261 cm³/mol. The molecule has 23 nitrogen and oxygen atoms in total. The number of hydrogen-bond donors (Lipinski definition) is 10. The number of nitrogens with one attached hydrogen (secondary N) is 6. The molecular formula is C46H68N10O13S2. The molecule has 4 rings (SSSR count). The summed E-state index contributed by atoms with van der Waals surface area (Å²) < 4.78 is 0. The molecule has 0 bridgehead atoms. The molecule has 3 fully saturated rings. The summed E-state index contributed by atoms with van der Waals surface area (Å²) in [4.78, 5) is 151. The van der Waals surface area contributed by atoms with E-state index in [0.717, 1.165) is 12.8 Å². The fourth-order valence-corrected chi connectivity index (χ4v) is 10.7. The van der Waals surface area contributed by atoms with Crippen molar-refractivity contribution in [2.45, 2.75) is 158 Å². The monoisotopic (exact) mass is 1030 g/mol. The Morgan fingerprint density at radius 2 is 1.38 bits per heavy atom. The number of nitrogens with zero attached hydrogens (tertiary/aromatic N) is 2. The average Bonchev–Trinajstić information content (AvgIpc) is 4.02. The molecule has 0 aliphatic carbocycles. The van der Waals surface area contributed by atoms with Crippen molar-refractivity contribution in [3.05, 3.63) is 35.9 Å². The van der Waals surface area contributed by atoms with Crippen LogP contribution in [0.4, 0.5) is 0 Å². The van der Waals surface area contributed by atoms with Crippen LogP contribution in [0.3, 0.4) is 0 Å². The number of carboxylic acid groups (broad SMARTS) is 1. The highest BCUT2D eigenvalue weighted by Gasteiger charge is 2.45. The van der Waals surface area contributed by atoms with Gasteiger partial charge in [0.25, 0.3) is 0 Å². The first kappa shape index (κ1) is 57.6. The molecule has 0 unspecified atom stereocenters. The molecule has 71 heavy (non-hydrogen) atoms. The maximum Gasteiger partial charge on any atom is 0.305 e. The molecule has 3 saturated heterocycles. The molecule has 12 N–H and O–H groups in total. The van der Waals surface area contributed by atoms with Crippen LogP contribution < -0.4 is 43.4 Å². The first-order valence-corrected chi connectivity index (χ1v) is 26.5. The van der Waals surface area contributed by atoms with Crippen molar-refractivity contribution < 1.29 is 63.0 Å². The van der Waals surface area contributed by atoms with Crippen LogP contribution in [0.5, 0.6) is 0 Å². The quantitative estimate of drug-likeness (QED) is 0.0664. The van der Waals surface area contributed by atoms with E-state index in [4.69, 9.17) is 11.5 Å². The summed E-state index contributed by atoms with van der Waals surface area (Å²) in [5.74, 6) is -9.02. The van der Waals surface area contributed by atoms with Crippen LogP contribution in [-0.2, 0) is 59.2 Å². The van der Waals surface area contributed by atoms with E-state index >= 15 is 0 Å². The molecule has 9 atom stereocenters. The minimum absolute atomic E-state index is 0.116. The van der Waals surface area contributed by atoms with Crippen LogP contribution in [0, 0.1) is 0 Å². The molecule has 0 saturated carbocycles. The number of nitrogens with two attached hydrogens (primary N) is 2. The van der Waals surface area contributed by atoms with Crippen LogP contribution >= 0.6 is 21.6 Å². The third-order valence-corrected chi connectivity index (χ3v) is 14.8. The SMILES string of the molecule is CCCCCC(=O)N[C@H]1CCSSCC[C@@H](C(=O)N[C@@H](CC(=O)O)C(N)=O)NC(=O)[C@H](Cc2ccccc2)NC(=O)[C@H](CCC(N)=O)NC(=O)[C@H]([C@@H](C)O)NC(=O)[C@@H]2CCCN2C(=O)[C@@H]2CCCN2C1=O. The Morgan fingerprint density at radius 3 is 2.00 bits per heavy atom. The molecule has 1 aromatic rings. The summed E-state index contributed by atoms with van der Waals surface area (Å²) in [7, 11) is 2.55. The number of aliphatic hydroxyl groups excluding tert-OH is 1. The number of carbonyl (C=O) groups excluding carboxylic acids is 10. The highest BCUT2D eigenvalue weighted by atomic mass is 33.1. The number of carboxylic acids is 1. The molecule has 25 heteroatoms. The summed E-state index contributed by atoms with van der Waals surface area (Å²) in [5, 5.41) is 35.6. The zero-order valence-corrected chi connectivity index (χ0v) is 41.7. The molecule has 1 aromatic carbocycles. The van der Waals surface area contributed by atoms with Crippen molar-refractivity contribution in [1.29, 1.82) is 0 Å². The lowest BCUT2D eigenvalue weighted by Gasteiger charge is -2.33. The molecule has 392 valence electrons. The van der Waals surface area contributed by atoms with Gasteiger partial charge in [0.05, 0.1) is 12.5 Å². The van der Waals surface area contributed by atoms with Gasteiger partial charge in [-0.25, -0.2) is 0 Å². The fraction of sp³-hybridized carbons (Fsp3) is 0.630. The van der Waals surface area contributed by atoms with Crippen molar-refractivity contribution in [2.24, 2.45) is 11.5 Å². The number of carbonyl (C=O) groups is 11. The Bertz CT molecular complexity index is 2090. The summed E-state index contributed by atoms with van der Waals surface area (Å²) in [5.41, 5.74) is 11.4. The van der Waals surface area contributed by atoms with Gasteiger partial charge >= 0.3 is 5.97 Å². The van der Waals surface area contributed by atoms with Gasteiger partial charge < -0.3 is 63.4 Å². The number of aliphatic hydroxyl groups is 1. The van der Waals surface area contributed by atoms with E-state index < -0.39 is 133 Å². The van der Waals surface area contributed by atoms with Gasteiger partial charge in [0.1, 0.15) is 48.3 Å². The maximum atomic E-state index is 14.4. The Kier molecular flexibility index (Phi) is 23.4. The van der Waals surface area contributed by atoms with Gasteiger partial charge in [-0.2, -0.15) is 0 Å².